The molecule has 0 spiro atoms. The van der Waals surface area contributed by atoms with Gasteiger partial charge in [-0.05, 0) is 30.7 Å². The van der Waals surface area contributed by atoms with Gasteiger partial charge in [-0.15, -0.1) is 0 Å². The number of nitrogens with one attached hydrogen (secondary N) is 1. The third-order valence-electron chi connectivity index (χ3n) is 5.48. The van der Waals surface area contributed by atoms with Crippen molar-refractivity contribution in [3.05, 3.63) is 70.2 Å². The highest BCUT2D eigenvalue weighted by atomic mass is 35.5. The van der Waals surface area contributed by atoms with E-state index in [-0.39, 0.29) is 31.6 Å². The van der Waals surface area contributed by atoms with Crippen LogP contribution in [0.15, 0.2) is 42.5 Å². The molecule has 4 atom stereocenters. The Morgan fingerprint density at radius 1 is 1.19 bits per heavy atom. The smallest absolute Gasteiger partial charge is 0.252 e. The number of rotatable bonds is 8. The summed E-state index contributed by atoms with van der Waals surface area (Å²) in [6.07, 6.45) is -3.95. The van der Waals surface area contributed by atoms with Gasteiger partial charge < -0.3 is 25.0 Å². The van der Waals surface area contributed by atoms with E-state index in [2.05, 4.69) is 5.32 Å². The molecule has 1 amide bonds. The topological polar surface area (TPSA) is 88.0 Å². The zero-order valence-electron chi connectivity index (χ0n) is 17.6. The van der Waals surface area contributed by atoms with Crippen molar-refractivity contribution in [2.45, 2.75) is 56.9 Å². The van der Waals surface area contributed by atoms with Gasteiger partial charge in [0, 0.05) is 30.0 Å². The molecule has 1 aliphatic rings. The lowest BCUT2D eigenvalue weighted by Gasteiger charge is -2.43. The fourth-order valence-corrected chi connectivity index (χ4v) is 4.00. The molecule has 6 nitrogen and oxygen atoms in total. The van der Waals surface area contributed by atoms with Gasteiger partial charge in [0.2, 0.25) is 0 Å². The van der Waals surface area contributed by atoms with E-state index in [4.69, 9.17) is 21.1 Å². The van der Waals surface area contributed by atoms with Gasteiger partial charge in [0.25, 0.3) is 5.91 Å². The molecule has 3 N–H and O–H groups in total. The standard InChI is InChI=1S/C23H26ClF2NO5/c1-2-27-22(30)23(32-12-14-5-3-7-16(24)9-14)10-18(28)21(29)19(11-23)31-13-15-6-4-8-17(25)20(15)26/h3-9,18-19,21,28-29H,2,10-13H2,1H3,(H,27,30)/t18-,19?,21-,23+/m1/s1. The van der Waals surface area contributed by atoms with Gasteiger partial charge in [-0.2, -0.15) is 0 Å². The number of carbonyl (C=O) groups is 1. The summed E-state index contributed by atoms with van der Waals surface area (Å²) in [6.45, 7) is 1.76. The molecule has 3 rings (SSSR count). The van der Waals surface area contributed by atoms with Crippen LogP contribution in [0.1, 0.15) is 30.9 Å². The molecule has 32 heavy (non-hydrogen) atoms. The second-order valence-corrected chi connectivity index (χ2v) is 8.24. The van der Waals surface area contributed by atoms with E-state index in [9.17, 15) is 23.8 Å². The van der Waals surface area contributed by atoms with E-state index in [1.807, 2.05) is 0 Å². The maximum Gasteiger partial charge on any atom is 0.252 e. The van der Waals surface area contributed by atoms with Crippen LogP contribution in [-0.4, -0.2) is 46.6 Å². The number of amides is 1. The van der Waals surface area contributed by atoms with E-state index in [0.29, 0.717) is 11.6 Å². The Balaban J connectivity index is 1.80. The maximum absolute atomic E-state index is 14.0. The first-order valence-corrected chi connectivity index (χ1v) is 10.7. The van der Waals surface area contributed by atoms with Crippen LogP contribution in [0.5, 0.6) is 0 Å². The van der Waals surface area contributed by atoms with Crippen molar-refractivity contribution < 1.29 is 33.3 Å². The van der Waals surface area contributed by atoms with Gasteiger partial charge in [0.15, 0.2) is 17.2 Å². The number of ether oxygens (including phenoxy) is 2. The summed E-state index contributed by atoms with van der Waals surface area (Å²) in [4.78, 5) is 13.0. The highest BCUT2D eigenvalue weighted by Gasteiger charge is 2.51. The number of hydrogen-bond acceptors (Lipinski definition) is 5. The van der Waals surface area contributed by atoms with Crippen LogP contribution < -0.4 is 5.32 Å². The van der Waals surface area contributed by atoms with Crippen LogP contribution in [-0.2, 0) is 27.5 Å². The van der Waals surface area contributed by atoms with Crippen LogP contribution in [0.4, 0.5) is 8.78 Å². The van der Waals surface area contributed by atoms with Crippen LogP contribution in [0, 0.1) is 11.6 Å². The third kappa shape index (κ3) is 5.63. The summed E-state index contributed by atoms with van der Waals surface area (Å²) in [5, 5.41) is 24.2. The van der Waals surface area contributed by atoms with E-state index in [1.165, 1.54) is 12.1 Å². The number of benzene rings is 2. The maximum atomic E-state index is 14.0. The van der Waals surface area contributed by atoms with Gasteiger partial charge >= 0.3 is 0 Å². The minimum Gasteiger partial charge on any atom is -0.390 e. The molecule has 0 aliphatic heterocycles. The molecule has 174 valence electrons. The highest BCUT2D eigenvalue weighted by Crippen LogP contribution is 2.36. The fourth-order valence-electron chi connectivity index (χ4n) is 3.79. The summed E-state index contributed by atoms with van der Waals surface area (Å²) in [7, 11) is 0. The quantitative estimate of drug-likeness (QED) is 0.553. The Morgan fingerprint density at radius 3 is 2.66 bits per heavy atom. The molecule has 1 fully saturated rings. The molecule has 0 radical (unpaired) electrons. The van der Waals surface area contributed by atoms with Crippen molar-refractivity contribution in [2.75, 3.05) is 6.54 Å². The summed E-state index contributed by atoms with van der Waals surface area (Å²) < 4.78 is 39.1. The van der Waals surface area contributed by atoms with E-state index < -0.39 is 41.5 Å². The Morgan fingerprint density at radius 2 is 1.94 bits per heavy atom. The predicted molar refractivity (Wildman–Crippen MR) is 114 cm³/mol. The molecule has 9 heteroatoms. The molecule has 1 saturated carbocycles. The number of likely N-dealkylation sites (N-methyl/N-ethyl adjacent to an activating group) is 1. The van der Waals surface area contributed by atoms with Crippen molar-refractivity contribution in [1.29, 1.82) is 0 Å². The predicted octanol–water partition coefficient (Wildman–Crippen LogP) is 3.11. The van der Waals surface area contributed by atoms with Crippen molar-refractivity contribution in [1.82, 2.24) is 5.32 Å². The summed E-state index contributed by atoms with van der Waals surface area (Å²) >= 11 is 6.02. The molecular weight excluding hydrogens is 444 g/mol. The Kier molecular flexibility index (Phi) is 8.19. The van der Waals surface area contributed by atoms with Crippen molar-refractivity contribution in [3.63, 3.8) is 0 Å². The first kappa shape index (κ1) is 24.5. The molecule has 0 aromatic heterocycles. The van der Waals surface area contributed by atoms with Gasteiger partial charge in [-0.1, -0.05) is 35.9 Å². The highest BCUT2D eigenvalue weighted by molar-refractivity contribution is 6.30. The average Bonchev–Trinajstić information content (AvgIpc) is 2.76. The zero-order valence-corrected chi connectivity index (χ0v) is 18.3. The lowest BCUT2D eigenvalue weighted by atomic mass is 9.78. The molecule has 1 aliphatic carbocycles. The molecular formula is C23H26ClF2NO5. The number of halogens is 3. The van der Waals surface area contributed by atoms with Crippen LogP contribution >= 0.6 is 11.6 Å². The van der Waals surface area contributed by atoms with Crippen molar-refractivity contribution >= 4 is 17.5 Å². The van der Waals surface area contributed by atoms with Crippen LogP contribution in [0.2, 0.25) is 5.02 Å². The Hall–Kier alpha value is -2.10. The summed E-state index contributed by atoms with van der Waals surface area (Å²) in [5.74, 6) is -2.53. The molecule has 0 bridgehead atoms. The fraction of sp³-hybridized carbons (Fsp3) is 0.435. The largest absolute Gasteiger partial charge is 0.390 e. The van der Waals surface area contributed by atoms with Crippen molar-refractivity contribution in [3.8, 4) is 0 Å². The number of aliphatic hydroxyl groups is 2. The Bertz CT molecular complexity index is 946. The SMILES string of the molecule is CCNC(=O)[C@@]1(OCc2cccc(Cl)c2)CC(OCc2cccc(F)c2F)[C@H](O)[C@H](O)C1. The lowest BCUT2D eigenvalue weighted by Crippen LogP contribution is -2.60. The van der Waals surface area contributed by atoms with Gasteiger partial charge in [-0.3, -0.25) is 4.79 Å². The number of hydrogen-bond donors (Lipinski definition) is 3. The second-order valence-electron chi connectivity index (χ2n) is 7.80. The second kappa shape index (κ2) is 10.7. The first-order valence-electron chi connectivity index (χ1n) is 10.3. The zero-order chi connectivity index (χ0) is 23.3. The van der Waals surface area contributed by atoms with Crippen LogP contribution in [0.25, 0.3) is 0 Å². The number of aliphatic hydroxyl groups excluding tert-OH is 2. The average molecular weight is 470 g/mol. The monoisotopic (exact) mass is 469 g/mol. The van der Waals surface area contributed by atoms with E-state index in [0.717, 1.165) is 11.6 Å². The van der Waals surface area contributed by atoms with Gasteiger partial charge in [-0.25, -0.2) is 8.78 Å². The normalized spacial score (nSPS) is 25.5. The molecule has 0 heterocycles. The molecule has 2 aromatic rings. The number of carbonyl (C=O) groups excluding carboxylic acids is 1. The minimum atomic E-state index is -1.50. The van der Waals surface area contributed by atoms with Crippen molar-refractivity contribution in [2.24, 2.45) is 0 Å². The Labute approximate surface area is 190 Å². The minimum absolute atomic E-state index is 0.0335. The summed E-state index contributed by atoms with van der Waals surface area (Å²) in [5.41, 5.74) is -0.816. The lowest BCUT2D eigenvalue weighted by molar-refractivity contribution is -0.200. The molecule has 0 saturated heterocycles. The van der Waals surface area contributed by atoms with E-state index in [1.54, 1.807) is 31.2 Å². The summed E-state index contributed by atoms with van der Waals surface area (Å²) in [6, 6.07) is 10.6. The molecule has 2 aromatic carbocycles. The van der Waals surface area contributed by atoms with Gasteiger partial charge in [0.1, 0.15) is 6.10 Å². The van der Waals surface area contributed by atoms with Crippen LogP contribution in [0.3, 0.4) is 0 Å². The van der Waals surface area contributed by atoms with Gasteiger partial charge in [0.05, 0.1) is 25.4 Å². The van der Waals surface area contributed by atoms with E-state index >= 15 is 0 Å². The third-order valence-corrected chi connectivity index (χ3v) is 5.72. The first-order chi connectivity index (χ1) is 15.3. The molecule has 1 unspecified atom stereocenters.